The van der Waals surface area contributed by atoms with E-state index in [0.717, 1.165) is 12.5 Å². The van der Waals surface area contributed by atoms with Crippen LogP contribution >= 0.6 is 11.3 Å². The Morgan fingerprint density at radius 1 is 1.14 bits per heavy atom. The average Bonchev–Trinajstić information content (AvgIpc) is 3.18. The van der Waals surface area contributed by atoms with E-state index < -0.39 is 0 Å². The number of thiophene rings is 1. The molecule has 1 aliphatic carbocycles. The Hall–Kier alpha value is -1.16. The van der Waals surface area contributed by atoms with Gasteiger partial charge in [-0.3, -0.25) is 0 Å². The van der Waals surface area contributed by atoms with Crippen LogP contribution in [0, 0.1) is 5.92 Å². The summed E-state index contributed by atoms with van der Waals surface area (Å²) in [6, 6.07) is 16.2. The third-order valence-corrected chi connectivity index (χ3v) is 5.24. The van der Waals surface area contributed by atoms with Crippen LogP contribution in [0.5, 0.6) is 0 Å². The molecular weight excluding hydrogens is 276 g/mol. The maximum absolute atomic E-state index is 3.83. The highest BCUT2D eigenvalue weighted by atomic mass is 32.1. The molecule has 2 aromatic rings. The van der Waals surface area contributed by atoms with Gasteiger partial charge in [-0.1, -0.05) is 36.4 Å². The standard InChI is InChI=1S/C18H24N2S/c1-20(2)16(14-7-4-3-5-8-14)13-19-18(15-10-11-15)17-9-6-12-21-17/h3-9,12,15-16,18-19H,10-11,13H2,1-2H3. The molecule has 0 amide bonds. The van der Waals surface area contributed by atoms with Crippen molar-refractivity contribution in [2.75, 3.05) is 20.6 Å². The van der Waals surface area contributed by atoms with Gasteiger partial charge in [0.15, 0.2) is 0 Å². The van der Waals surface area contributed by atoms with E-state index in [9.17, 15) is 0 Å². The second kappa shape index (κ2) is 6.73. The molecule has 1 saturated carbocycles. The van der Waals surface area contributed by atoms with Crippen LogP contribution in [0.3, 0.4) is 0 Å². The first-order chi connectivity index (χ1) is 10.3. The number of hydrogen-bond donors (Lipinski definition) is 1. The summed E-state index contributed by atoms with van der Waals surface area (Å²) >= 11 is 1.88. The van der Waals surface area contributed by atoms with Gasteiger partial charge in [-0.2, -0.15) is 0 Å². The lowest BCUT2D eigenvalue weighted by Gasteiger charge is -2.28. The highest BCUT2D eigenvalue weighted by Crippen LogP contribution is 2.42. The molecule has 3 heteroatoms. The van der Waals surface area contributed by atoms with Gasteiger partial charge in [-0.05, 0) is 49.9 Å². The van der Waals surface area contributed by atoms with E-state index in [2.05, 4.69) is 72.2 Å². The first-order valence-electron chi connectivity index (χ1n) is 7.74. The van der Waals surface area contributed by atoms with Crippen molar-refractivity contribution in [3.63, 3.8) is 0 Å². The van der Waals surface area contributed by atoms with Crippen molar-refractivity contribution >= 4 is 11.3 Å². The van der Waals surface area contributed by atoms with E-state index in [0.29, 0.717) is 12.1 Å². The van der Waals surface area contributed by atoms with Gasteiger partial charge >= 0.3 is 0 Å². The van der Waals surface area contributed by atoms with Crippen LogP contribution < -0.4 is 5.32 Å². The van der Waals surface area contributed by atoms with E-state index in [-0.39, 0.29) is 0 Å². The number of nitrogens with one attached hydrogen (secondary N) is 1. The van der Waals surface area contributed by atoms with Gasteiger partial charge in [0.25, 0.3) is 0 Å². The van der Waals surface area contributed by atoms with E-state index in [1.165, 1.54) is 23.3 Å². The summed E-state index contributed by atoms with van der Waals surface area (Å²) in [6.45, 7) is 0.996. The van der Waals surface area contributed by atoms with Crippen molar-refractivity contribution in [1.29, 1.82) is 0 Å². The minimum absolute atomic E-state index is 0.424. The molecule has 1 aliphatic rings. The number of likely N-dealkylation sites (N-methyl/N-ethyl adjacent to an activating group) is 1. The fraction of sp³-hybridized carbons (Fsp3) is 0.444. The van der Waals surface area contributed by atoms with Crippen LogP contribution in [0.25, 0.3) is 0 Å². The molecule has 1 aromatic carbocycles. The molecule has 1 N–H and O–H groups in total. The highest BCUT2D eigenvalue weighted by Gasteiger charge is 2.33. The van der Waals surface area contributed by atoms with Crippen molar-refractivity contribution in [3.05, 3.63) is 58.3 Å². The summed E-state index contributed by atoms with van der Waals surface area (Å²) < 4.78 is 0. The summed E-state index contributed by atoms with van der Waals surface area (Å²) in [5.74, 6) is 0.835. The molecule has 1 heterocycles. The molecule has 1 fully saturated rings. The van der Waals surface area contributed by atoms with Gasteiger partial charge in [-0.25, -0.2) is 0 Å². The zero-order chi connectivity index (χ0) is 14.7. The summed E-state index contributed by atoms with van der Waals surface area (Å²) in [5, 5.41) is 6.02. The second-order valence-corrected chi connectivity index (χ2v) is 7.11. The SMILES string of the molecule is CN(C)C(CNC(c1cccs1)C1CC1)c1ccccc1. The summed E-state index contributed by atoms with van der Waals surface area (Å²) in [4.78, 5) is 3.80. The van der Waals surface area contributed by atoms with Crippen molar-refractivity contribution < 1.29 is 0 Å². The lowest BCUT2D eigenvalue weighted by atomic mass is 10.0. The summed E-state index contributed by atoms with van der Waals surface area (Å²) in [7, 11) is 4.33. The molecule has 2 unspecified atom stereocenters. The number of hydrogen-bond acceptors (Lipinski definition) is 3. The topological polar surface area (TPSA) is 15.3 Å². The average molecular weight is 300 g/mol. The monoisotopic (exact) mass is 300 g/mol. The maximum Gasteiger partial charge on any atom is 0.0467 e. The van der Waals surface area contributed by atoms with Gasteiger partial charge in [0.05, 0.1) is 0 Å². The highest BCUT2D eigenvalue weighted by molar-refractivity contribution is 7.10. The Morgan fingerprint density at radius 3 is 2.48 bits per heavy atom. The molecule has 0 radical (unpaired) electrons. The predicted octanol–water partition coefficient (Wildman–Crippen LogP) is 4.09. The van der Waals surface area contributed by atoms with Crippen LogP contribution in [0.4, 0.5) is 0 Å². The molecule has 0 bridgehead atoms. The quantitative estimate of drug-likeness (QED) is 0.828. The third kappa shape index (κ3) is 3.73. The first-order valence-corrected chi connectivity index (χ1v) is 8.62. The Balaban J connectivity index is 1.68. The zero-order valence-corrected chi connectivity index (χ0v) is 13.6. The van der Waals surface area contributed by atoms with Crippen LogP contribution in [0.15, 0.2) is 47.8 Å². The van der Waals surface area contributed by atoms with E-state index in [1.54, 1.807) is 0 Å². The Morgan fingerprint density at radius 2 is 1.90 bits per heavy atom. The van der Waals surface area contributed by atoms with Crippen molar-refractivity contribution in [2.24, 2.45) is 5.92 Å². The van der Waals surface area contributed by atoms with Crippen LogP contribution in [0.2, 0.25) is 0 Å². The van der Waals surface area contributed by atoms with Gasteiger partial charge in [0, 0.05) is 23.5 Å². The molecule has 2 nitrogen and oxygen atoms in total. The van der Waals surface area contributed by atoms with Crippen LogP contribution in [-0.4, -0.2) is 25.5 Å². The molecule has 21 heavy (non-hydrogen) atoms. The van der Waals surface area contributed by atoms with Crippen LogP contribution in [-0.2, 0) is 0 Å². The van der Waals surface area contributed by atoms with Gasteiger partial charge < -0.3 is 10.2 Å². The van der Waals surface area contributed by atoms with Crippen LogP contribution in [0.1, 0.15) is 35.4 Å². The fourth-order valence-corrected chi connectivity index (χ4v) is 3.80. The second-order valence-electron chi connectivity index (χ2n) is 6.13. The molecule has 112 valence electrons. The van der Waals surface area contributed by atoms with Gasteiger partial charge in [0.1, 0.15) is 0 Å². The molecule has 1 aromatic heterocycles. The minimum Gasteiger partial charge on any atom is -0.307 e. The molecule has 0 spiro atoms. The Labute approximate surface area is 131 Å². The lowest BCUT2D eigenvalue weighted by Crippen LogP contribution is -2.33. The van der Waals surface area contributed by atoms with E-state index >= 15 is 0 Å². The fourth-order valence-electron chi connectivity index (χ4n) is 2.91. The number of benzene rings is 1. The normalized spacial score (nSPS) is 17.9. The Kier molecular flexibility index (Phi) is 4.73. The van der Waals surface area contributed by atoms with E-state index in [1.807, 2.05) is 11.3 Å². The summed E-state index contributed by atoms with van der Waals surface area (Å²) in [5.41, 5.74) is 1.38. The summed E-state index contributed by atoms with van der Waals surface area (Å²) in [6.07, 6.45) is 2.74. The predicted molar refractivity (Wildman–Crippen MR) is 90.7 cm³/mol. The maximum atomic E-state index is 3.83. The third-order valence-electron chi connectivity index (χ3n) is 4.28. The molecular formula is C18H24N2S. The largest absolute Gasteiger partial charge is 0.307 e. The lowest BCUT2D eigenvalue weighted by molar-refractivity contribution is 0.276. The van der Waals surface area contributed by atoms with Gasteiger partial charge in [-0.15, -0.1) is 11.3 Å². The molecule has 0 saturated heterocycles. The minimum atomic E-state index is 0.424. The van der Waals surface area contributed by atoms with E-state index in [4.69, 9.17) is 0 Å². The molecule has 2 atom stereocenters. The van der Waals surface area contributed by atoms with Crippen molar-refractivity contribution in [2.45, 2.75) is 24.9 Å². The van der Waals surface area contributed by atoms with Gasteiger partial charge in [0.2, 0.25) is 0 Å². The smallest absolute Gasteiger partial charge is 0.0467 e. The number of nitrogens with zero attached hydrogens (tertiary/aromatic N) is 1. The molecule has 3 rings (SSSR count). The van der Waals surface area contributed by atoms with Crippen molar-refractivity contribution in [1.82, 2.24) is 10.2 Å². The first kappa shape index (κ1) is 14.8. The Bertz CT molecular complexity index is 532. The molecule has 0 aliphatic heterocycles. The zero-order valence-electron chi connectivity index (χ0n) is 12.8. The number of rotatable bonds is 7. The van der Waals surface area contributed by atoms with Crippen molar-refractivity contribution in [3.8, 4) is 0 Å².